The highest BCUT2D eigenvalue weighted by Crippen LogP contribution is 2.19. The van der Waals surface area contributed by atoms with Crippen molar-refractivity contribution in [2.75, 3.05) is 13.1 Å². The smallest absolute Gasteiger partial charge is 0.272 e. The lowest BCUT2D eigenvalue weighted by molar-refractivity contribution is 0.0719. The Hall–Kier alpha value is -0.840. The van der Waals surface area contributed by atoms with Crippen molar-refractivity contribution in [1.82, 2.24) is 14.7 Å². The average molecular weight is 300 g/mol. The minimum absolute atomic E-state index is 0.101. The number of aryl methyl sites for hydroxylation is 2. The van der Waals surface area contributed by atoms with E-state index in [0.717, 1.165) is 38.0 Å². The number of rotatable bonds is 2. The number of hydrogen-bond acceptors (Lipinski definition) is 2. The highest BCUT2D eigenvalue weighted by atomic mass is 79.9. The Labute approximate surface area is 110 Å². The Bertz CT molecular complexity index is 416. The maximum atomic E-state index is 12.3. The van der Waals surface area contributed by atoms with Crippen molar-refractivity contribution in [3.8, 4) is 0 Å². The second-order valence-corrected chi connectivity index (χ2v) is 5.78. The average Bonchev–Trinajstić information content (AvgIpc) is 2.69. The highest BCUT2D eigenvalue weighted by molar-refractivity contribution is 9.09. The molecule has 0 radical (unpaired) electrons. The number of amides is 1. The van der Waals surface area contributed by atoms with Crippen LogP contribution in [0, 0.1) is 0 Å². The van der Waals surface area contributed by atoms with E-state index in [-0.39, 0.29) is 5.91 Å². The SMILES string of the molecule is CCc1cc(C(=O)N2CCCC(Br)C2)n(C)n1. The molecule has 1 aliphatic rings. The first-order valence-electron chi connectivity index (χ1n) is 6.08. The van der Waals surface area contributed by atoms with Crippen molar-refractivity contribution >= 4 is 21.8 Å². The molecule has 1 amide bonds. The summed E-state index contributed by atoms with van der Waals surface area (Å²) in [4.78, 5) is 14.7. The maximum absolute atomic E-state index is 12.3. The topological polar surface area (TPSA) is 38.1 Å². The molecule has 0 bridgehead atoms. The summed E-state index contributed by atoms with van der Waals surface area (Å²) in [7, 11) is 1.84. The molecule has 94 valence electrons. The van der Waals surface area contributed by atoms with Gasteiger partial charge in [0.25, 0.3) is 5.91 Å². The summed E-state index contributed by atoms with van der Waals surface area (Å²) in [5, 5.41) is 4.32. The predicted molar refractivity (Wildman–Crippen MR) is 70.4 cm³/mol. The van der Waals surface area contributed by atoms with Gasteiger partial charge in [-0.05, 0) is 25.3 Å². The standard InChI is InChI=1S/C12H18BrN3O/c1-3-10-7-11(15(2)14-10)12(17)16-6-4-5-9(13)8-16/h7,9H,3-6,8H2,1-2H3. The first-order valence-corrected chi connectivity index (χ1v) is 6.99. The summed E-state index contributed by atoms with van der Waals surface area (Å²) >= 11 is 3.59. The third-order valence-corrected chi connectivity index (χ3v) is 3.91. The number of alkyl halides is 1. The van der Waals surface area contributed by atoms with Gasteiger partial charge in [0.15, 0.2) is 0 Å². The number of halogens is 1. The molecular formula is C12H18BrN3O. The number of carbonyl (C=O) groups is 1. The van der Waals surface area contributed by atoms with Gasteiger partial charge in [0, 0.05) is 25.0 Å². The Morgan fingerprint density at radius 1 is 1.65 bits per heavy atom. The van der Waals surface area contributed by atoms with Gasteiger partial charge in [-0.15, -0.1) is 0 Å². The summed E-state index contributed by atoms with van der Waals surface area (Å²) in [5.41, 5.74) is 1.67. The van der Waals surface area contributed by atoms with E-state index in [1.165, 1.54) is 0 Å². The number of carbonyl (C=O) groups excluding carboxylic acids is 1. The van der Waals surface area contributed by atoms with Gasteiger partial charge in [-0.25, -0.2) is 0 Å². The Kier molecular flexibility index (Phi) is 3.86. The van der Waals surface area contributed by atoms with Crippen molar-refractivity contribution < 1.29 is 4.79 Å². The van der Waals surface area contributed by atoms with Gasteiger partial charge in [0.2, 0.25) is 0 Å². The summed E-state index contributed by atoms with van der Waals surface area (Å²) in [5.74, 6) is 0.101. The third kappa shape index (κ3) is 2.70. The lowest BCUT2D eigenvalue weighted by atomic mass is 10.1. The minimum atomic E-state index is 0.101. The highest BCUT2D eigenvalue weighted by Gasteiger charge is 2.25. The maximum Gasteiger partial charge on any atom is 0.272 e. The van der Waals surface area contributed by atoms with E-state index in [1.807, 2.05) is 24.9 Å². The molecule has 2 rings (SSSR count). The molecule has 1 aromatic rings. The van der Waals surface area contributed by atoms with Crippen LogP contribution < -0.4 is 0 Å². The Balaban J connectivity index is 2.15. The van der Waals surface area contributed by atoms with Crippen LogP contribution in [0.3, 0.4) is 0 Å². The van der Waals surface area contributed by atoms with E-state index in [4.69, 9.17) is 0 Å². The number of nitrogens with zero attached hydrogens (tertiary/aromatic N) is 3. The zero-order chi connectivity index (χ0) is 12.4. The molecule has 1 unspecified atom stereocenters. The predicted octanol–water partition coefficient (Wildman–Crippen LogP) is 1.98. The van der Waals surface area contributed by atoms with E-state index < -0.39 is 0 Å². The summed E-state index contributed by atoms with van der Waals surface area (Å²) in [6.45, 7) is 3.70. The second kappa shape index (κ2) is 5.21. The monoisotopic (exact) mass is 299 g/mol. The van der Waals surface area contributed by atoms with Gasteiger partial charge >= 0.3 is 0 Å². The van der Waals surface area contributed by atoms with Crippen LogP contribution in [0.25, 0.3) is 0 Å². The molecule has 1 aliphatic heterocycles. The van der Waals surface area contributed by atoms with Crippen LogP contribution in [0.15, 0.2) is 6.07 Å². The molecule has 17 heavy (non-hydrogen) atoms. The molecule has 0 N–H and O–H groups in total. The largest absolute Gasteiger partial charge is 0.336 e. The molecule has 1 saturated heterocycles. The zero-order valence-electron chi connectivity index (χ0n) is 10.3. The van der Waals surface area contributed by atoms with Gasteiger partial charge in [-0.2, -0.15) is 5.10 Å². The van der Waals surface area contributed by atoms with Gasteiger partial charge in [-0.3, -0.25) is 9.48 Å². The van der Waals surface area contributed by atoms with Crippen LogP contribution in [0.4, 0.5) is 0 Å². The molecule has 1 fully saturated rings. The van der Waals surface area contributed by atoms with E-state index >= 15 is 0 Å². The normalized spacial score (nSPS) is 20.6. The first-order chi connectivity index (χ1) is 8.11. The van der Waals surface area contributed by atoms with Crippen LogP contribution in [0.1, 0.15) is 35.9 Å². The summed E-state index contributed by atoms with van der Waals surface area (Å²) in [6, 6.07) is 1.90. The molecule has 5 heteroatoms. The minimum Gasteiger partial charge on any atom is -0.336 e. The van der Waals surface area contributed by atoms with Crippen LogP contribution in [-0.4, -0.2) is 38.5 Å². The molecule has 0 aromatic carbocycles. The number of likely N-dealkylation sites (tertiary alicyclic amines) is 1. The molecule has 0 spiro atoms. The van der Waals surface area contributed by atoms with Crippen LogP contribution >= 0.6 is 15.9 Å². The van der Waals surface area contributed by atoms with Gasteiger partial charge in [-0.1, -0.05) is 22.9 Å². The summed E-state index contributed by atoms with van der Waals surface area (Å²) < 4.78 is 1.69. The molecule has 1 atom stereocenters. The van der Waals surface area contributed by atoms with Crippen molar-refractivity contribution in [3.05, 3.63) is 17.5 Å². The molecule has 1 aromatic heterocycles. The fourth-order valence-electron chi connectivity index (χ4n) is 2.17. The first kappa shape index (κ1) is 12.6. The Morgan fingerprint density at radius 3 is 3.00 bits per heavy atom. The van der Waals surface area contributed by atoms with Crippen LogP contribution in [0.2, 0.25) is 0 Å². The lowest BCUT2D eigenvalue weighted by Crippen LogP contribution is -2.40. The van der Waals surface area contributed by atoms with Gasteiger partial charge < -0.3 is 4.90 Å². The van der Waals surface area contributed by atoms with E-state index in [9.17, 15) is 4.79 Å². The van der Waals surface area contributed by atoms with Crippen LogP contribution in [0.5, 0.6) is 0 Å². The quantitative estimate of drug-likeness (QED) is 0.783. The van der Waals surface area contributed by atoms with E-state index in [1.54, 1.807) is 4.68 Å². The zero-order valence-corrected chi connectivity index (χ0v) is 11.9. The molecule has 2 heterocycles. The Morgan fingerprint density at radius 2 is 2.41 bits per heavy atom. The number of aromatic nitrogens is 2. The third-order valence-electron chi connectivity index (χ3n) is 3.16. The molecule has 4 nitrogen and oxygen atoms in total. The van der Waals surface area contributed by atoms with Gasteiger partial charge in [0.1, 0.15) is 5.69 Å². The van der Waals surface area contributed by atoms with Crippen LogP contribution in [-0.2, 0) is 13.5 Å². The van der Waals surface area contributed by atoms with Crippen molar-refractivity contribution in [2.24, 2.45) is 7.05 Å². The van der Waals surface area contributed by atoms with E-state index in [2.05, 4.69) is 21.0 Å². The van der Waals surface area contributed by atoms with Crippen molar-refractivity contribution in [2.45, 2.75) is 31.0 Å². The number of hydrogen-bond donors (Lipinski definition) is 0. The lowest BCUT2D eigenvalue weighted by Gasteiger charge is -2.29. The fourth-order valence-corrected chi connectivity index (χ4v) is 2.84. The van der Waals surface area contributed by atoms with Crippen molar-refractivity contribution in [3.63, 3.8) is 0 Å². The fraction of sp³-hybridized carbons (Fsp3) is 0.667. The second-order valence-electron chi connectivity index (χ2n) is 4.49. The molecule has 0 aliphatic carbocycles. The molecular weight excluding hydrogens is 282 g/mol. The van der Waals surface area contributed by atoms with Crippen molar-refractivity contribution in [1.29, 1.82) is 0 Å². The number of piperidine rings is 1. The summed E-state index contributed by atoms with van der Waals surface area (Å²) in [6.07, 6.45) is 3.08. The van der Waals surface area contributed by atoms with E-state index in [0.29, 0.717) is 10.5 Å². The van der Waals surface area contributed by atoms with Gasteiger partial charge in [0.05, 0.1) is 5.69 Å². The molecule has 0 saturated carbocycles.